The van der Waals surface area contributed by atoms with Gasteiger partial charge in [0, 0.05) is 6.42 Å². The van der Waals surface area contributed by atoms with Crippen LogP contribution in [0.4, 0.5) is 0 Å². The summed E-state index contributed by atoms with van der Waals surface area (Å²) in [4.78, 5) is 21.1. The van der Waals surface area contributed by atoms with Crippen LogP contribution in [0, 0.1) is 0 Å². The van der Waals surface area contributed by atoms with Crippen molar-refractivity contribution in [2.75, 3.05) is 5.75 Å². The van der Waals surface area contributed by atoms with Gasteiger partial charge in [-0.25, -0.2) is 13.2 Å². The van der Waals surface area contributed by atoms with Crippen LogP contribution in [-0.4, -0.2) is 31.2 Å². The van der Waals surface area contributed by atoms with Gasteiger partial charge in [-0.15, -0.1) is 0 Å². The molecule has 6 nitrogen and oxygen atoms in total. The van der Waals surface area contributed by atoms with E-state index in [1.54, 1.807) is 0 Å². The van der Waals surface area contributed by atoms with Crippen LogP contribution in [0.3, 0.4) is 0 Å². The van der Waals surface area contributed by atoms with Gasteiger partial charge in [-0.05, 0) is 12.1 Å². The molecule has 0 fully saturated rings. The van der Waals surface area contributed by atoms with Gasteiger partial charge >= 0.3 is 5.97 Å². The van der Waals surface area contributed by atoms with E-state index in [2.05, 4.69) is 0 Å². The normalized spacial score (nSPS) is 11.1. The molecule has 0 heterocycles. The predicted octanol–water partition coefficient (Wildman–Crippen LogP) is 0.0339. The van der Waals surface area contributed by atoms with Crippen LogP contribution < -0.4 is 5.73 Å². The number of carboxylic acids is 1. The van der Waals surface area contributed by atoms with Crippen molar-refractivity contribution in [1.82, 2.24) is 0 Å². The quantitative estimate of drug-likeness (QED) is 0.772. The Bertz CT molecular complexity index is 550. The second kappa shape index (κ2) is 4.96. The van der Waals surface area contributed by atoms with Crippen molar-refractivity contribution in [2.45, 2.75) is 11.3 Å². The number of rotatable bonds is 5. The highest BCUT2D eigenvalue weighted by molar-refractivity contribution is 7.91. The summed E-state index contributed by atoms with van der Waals surface area (Å²) < 4.78 is 23.6. The summed E-state index contributed by atoms with van der Waals surface area (Å²) in [5.74, 6) is -2.57. The third-order valence-corrected chi connectivity index (χ3v) is 3.84. The summed E-state index contributed by atoms with van der Waals surface area (Å²) in [7, 11) is -3.81. The number of benzene rings is 1. The molecule has 1 aromatic carbocycles. The zero-order chi connectivity index (χ0) is 13.1. The zero-order valence-corrected chi connectivity index (χ0v) is 9.61. The van der Waals surface area contributed by atoms with Gasteiger partial charge in [0.1, 0.15) is 0 Å². The van der Waals surface area contributed by atoms with Crippen molar-refractivity contribution in [3.05, 3.63) is 29.8 Å². The number of primary amides is 1. The van der Waals surface area contributed by atoms with Crippen molar-refractivity contribution in [3.8, 4) is 0 Å². The molecule has 1 aromatic rings. The highest BCUT2D eigenvalue weighted by Crippen LogP contribution is 2.17. The largest absolute Gasteiger partial charge is 0.478 e. The molecule has 0 unspecified atom stereocenters. The first kappa shape index (κ1) is 13.2. The number of carboxylic acid groups (broad SMARTS) is 1. The van der Waals surface area contributed by atoms with Gasteiger partial charge in [0.15, 0.2) is 9.84 Å². The number of carbonyl (C=O) groups is 2. The topological polar surface area (TPSA) is 115 Å². The average molecular weight is 257 g/mol. The maximum atomic E-state index is 11.8. The molecule has 3 N–H and O–H groups in total. The van der Waals surface area contributed by atoms with Crippen molar-refractivity contribution >= 4 is 21.7 Å². The van der Waals surface area contributed by atoms with Gasteiger partial charge in [-0.2, -0.15) is 0 Å². The number of nitrogens with two attached hydrogens (primary N) is 1. The number of sulfone groups is 1. The second-order valence-corrected chi connectivity index (χ2v) is 5.41. The van der Waals surface area contributed by atoms with E-state index in [0.717, 1.165) is 0 Å². The van der Waals surface area contributed by atoms with Crippen molar-refractivity contribution in [1.29, 1.82) is 0 Å². The molecule has 0 aliphatic rings. The van der Waals surface area contributed by atoms with E-state index in [9.17, 15) is 18.0 Å². The molecule has 0 aromatic heterocycles. The minimum absolute atomic E-state index is 0.297. The first-order chi connectivity index (χ1) is 7.84. The summed E-state index contributed by atoms with van der Waals surface area (Å²) in [5, 5.41) is 8.85. The Morgan fingerprint density at radius 1 is 1.24 bits per heavy atom. The van der Waals surface area contributed by atoms with Crippen LogP contribution in [0.5, 0.6) is 0 Å². The molecule has 0 atom stereocenters. The summed E-state index contributed by atoms with van der Waals surface area (Å²) in [6, 6.07) is 5.24. The smallest absolute Gasteiger partial charge is 0.337 e. The summed E-state index contributed by atoms with van der Waals surface area (Å²) >= 11 is 0. The van der Waals surface area contributed by atoms with E-state index in [1.807, 2.05) is 0 Å². The lowest BCUT2D eigenvalue weighted by Crippen LogP contribution is -2.18. The van der Waals surface area contributed by atoms with Gasteiger partial charge in [-0.3, -0.25) is 4.79 Å². The van der Waals surface area contributed by atoms with Crippen molar-refractivity contribution in [2.24, 2.45) is 5.73 Å². The fraction of sp³-hybridized carbons (Fsp3) is 0.200. The third kappa shape index (κ3) is 3.28. The summed E-state index contributed by atoms with van der Waals surface area (Å²) in [6.07, 6.45) is -0.337. The molecule has 0 saturated heterocycles. The molecule has 0 saturated carbocycles. The fourth-order valence-electron chi connectivity index (χ4n) is 1.26. The fourth-order valence-corrected chi connectivity index (χ4v) is 2.73. The lowest BCUT2D eigenvalue weighted by molar-refractivity contribution is -0.117. The molecule has 0 spiro atoms. The van der Waals surface area contributed by atoms with Crippen molar-refractivity contribution in [3.63, 3.8) is 0 Å². The Balaban J connectivity index is 3.15. The Hall–Kier alpha value is -1.89. The lowest BCUT2D eigenvalue weighted by atomic mass is 10.2. The van der Waals surface area contributed by atoms with E-state index >= 15 is 0 Å². The van der Waals surface area contributed by atoms with E-state index in [1.165, 1.54) is 24.3 Å². The minimum Gasteiger partial charge on any atom is -0.478 e. The highest BCUT2D eigenvalue weighted by Gasteiger charge is 2.22. The minimum atomic E-state index is -3.81. The average Bonchev–Trinajstić information content (AvgIpc) is 2.26. The molecule has 0 radical (unpaired) electrons. The molecule has 1 amide bonds. The molecular formula is C10H11NO5S. The summed E-state index contributed by atoms with van der Waals surface area (Å²) in [6.45, 7) is 0. The number of aromatic carboxylic acids is 1. The maximum Gasteiger partial charge on any atom is 0.337 e. The van der Waals surface area contributed by atoms with E-state index < -0.39 is 27.5 Å². The zero-order valence-electron chi connectivity index (χ0n) is 8.79. The van der Waals surface area contributed by atoms with Gasteiger partial charge in [0.25, 0.3) is 0 Å². The molecule has 0 aliphatic heterocycles. The van der Waals surface area contributed by atoms with Crippen LogP contribution in [0.2, 0.25) is 0 Å². The first-order valence-electron chi connectivity index (χ1n) is 4.68. The Kier molecular flexibility index (Phi) is 3.84. The standard InChI is InChI=1S/C10H11NO5S/c11-9(12)5-6-17(15,16)8-4-2-1-3-7(8)10(13)14/h1-4H,5-6H2,(H2,11,12)(H,13,14). The molecule has 17 heavy (non-hydrogen) atoms. The van der Waals surface area contributed by atoms with Gasteiger partial charge in [0.05, 0.1) is 16.2 Å². The Labute approximate surface area is 98.0 Å². The molecule has 0 bridgehead atoms. The summed E-state index contributed by atoms with van der Waals surface area (Å²) in [5.41, 5.74) is 4.55. The molecule has 7 heteroatoms. The second-order valence-electron chi connectivity index (χ2n) is 3.34. The molecule has 92 valence electrons. The Morgan fingerprint density at radius 2 is 1.82 bits per heavy atom. The first-order valence-corrected chi connectivity index (χ1v) is 6.33. The van der Waals surface area contributed by atoms with E-state index in [0.29, 0.717) is 0 Å². The lowest BCUT2D eigenvalue weighted by Gasteiger charge is -2.06. The van der Waals surface area contributed by atoms with Crippen LogP contribution in [0.1, 0.15) is 16.8 Å². The highest BCUT2D eigenvalue weighted by atomic mass is 32.2. The Morgan fingerprint density at radius 3 is 2.35 bits per heavy atom. The van der Waals surface area contributed by atoms with Crippen LogP contribution >= 0.6 is 0 Å². The van der Waals surface area contributed by atoms with Crippen molar-refractivity contribution < 1.29 is 23.1 Å². The SMILES string of the molecule is NC(=O)CCS(=O)(=O)c1ccccc1C(=O)O. The number of amides is 1. The molecule has 0 aliphatic carbocycles. The molecule has 1 rings (SSSR count). The maximum absolute atomic E-state index is 11.8. The number of hydrogen-bond acceptors (Lipinski definition) is 4. The number of hydrogen-bond donors (Lipinski definition) is 2. The molecular weight excluding hydrogens is 246 g/mol. The van der Waals surface area contributed by atoms with E-state index in [4.69, 9.17) is 10.8 Å². The van der Waals surface area contributed by atoms with Crippen LogP contribution in [0.25, 0.3) is 0 Å². The van der Waals surface area contributed by atoms with Gasteiger partial charge < -0.3 is 10.8 Å². The van der Waals surface area contributed by atoms with E-state index in [-0.39, 0.29) is 16.9 Å². The van der Waals surface area contributed by atoms with Gasteiger partial charge in [-0.1, -0.05) is 12.1 Å². The monoisotopic (exact) mass is 257 g/mol. The predicted molar refractivity (Wildman–Crippen MR) is 59.3 cm³/mol. The third-order valence-electron chi connectivity index (χ3n) is 2.07. The number of carbonyl (C=O) groups excluding carboxylic acids is 1. The van der Waals surface area contributed by atoms with Gasteiger partial charge in [0.2, 0.25) is 5.91 Å². The van der Waals surface area contributed by atoms with Crippen LogP contribution in [-0.2, 0) is 14.6 Å². The van der Waals surface area contributed by atoms with Crippen LogP contribution in [0.15, 0.2) is 29.2 Å².